The van der Waals surface area contributed by atoms with Crippen LogP contribution < -0.4 is 0 Å². The number of aromatic nitrogens is 4. The number of nitrogens with zero attached hydrogens (tertiary/aromatic N) is 4. The number of hydrogen-bond donors (Lipinski definition) is 1. The number of sulfonamides is 1. The van der Waals surface area contributed by atoms with Crippen molar-refractivity contribution in [2.24, 2.45) is 5.92 Å². The van der Waals surface area contributed by atoms with Gasteiger partial charge in [0.1, 0.15) is 0 Å². The van der Waals surface area contributed by atoms with E-state index in [0.717, 1.165) is 41.5 Å². The summed E-state index contributed by atoms with van der Waals surface area (Å²) in [6.07, 6.45) is 7.17. The predicted molar refractivity (Wildman–Crippen MR) is 120 cm³/mol. The highest BCUT2D eigenvalue weighted by molar-refractivity contribution is 7.89. The second-order valence-corrected chi connectivity index (χ2v) is 10.3. The number of fused-ring (bicyclic) bond motifs is 1. The molecule has 9 heteroatoms. The fourth-order valence-corrected chi connectivity index (χ4v) is 5.76. The molecule has 31 heavy (non-hydrogen) atoms. The van der Waals surface area contributed by atoms with Gasteiger partial charge in [0.2, 0.25) is 10.0 Å². The summed E-state index contributed by atoms with van der Waals surface area (Å²) in [6, 6.07) is 12.6. The van der Waals surface area contributed by atoms with Crippen LogP contribution in [0.3, 0.4) is 0 Å². The van der Waals surface area contributed by atoms with Gasteiger partial charge < -0.3 is 4.57 Å². The van der Waals surface area contributed by atoms with Crippen LogP contribution in [0, 0.1) is 5.92 Å². The van der Waals surface area contributed by atoms with E-state index in [-0.39, 0.29) is 0 Å². The van der Waals surface area contributed by atoms with Crippen LogP contribution in [-0.2, 0) is 16.6 Å². The number of imidazole rings is 1. The first-order valence-corrected chi connectivity index (χ1v) is 12.0. The van der Waals surface area contributed by atoms with Crippen LogP contribution in [-0.4, -0.2) is 45.6 Å². The van der Waals surface area contributed by atoms with Crippen LogP contribution in [0.25, 0.3) is 22.2 Å². The monoisotopic (exact) mass is 455 g/mol. The lowest BCUT2D eigenvalue weighted by atomic mass is 9.98. The lowest BCUT2D eigenvalue weighted by Crippen LogP contribution is -2.39. The molecule has 0 spiro atoms. The first kappa shape index (κ1) is 20.2. The molecule has 4 aromatic rings. The maximum Gasteiger partial charge on any atom is 0.243 e. The number of halogens is 1. The summed E-state index contributed by atoms with van der Waals surface area (Å²) in [4.78, 5) is 4.87. The summed E-state index contributed by atoms with van der Waals surface area (Å²) in [5.41, 5.74) is 4.14. The molecule has 0 radical (unpaired) electrons. The average molecular weight is 456 g/mol. The number of nitrogens with one attached hydrogen (secondary N) is 1. The molecule has 1 saturated heterocycles. The van der Waals surface area contributed by atoms with E-state index in [4.69, 9.17) is 11.6 Å². The van der Waals surface area contributed by atoms with Crippen LogP contribution in [0.2, 0.25) is 5.02 Å². The third kappa shape index (κ3) is 3.98. The molecule has 1 aliphatic rings. The molecular weight excluding hydrogens is 434 g/mol. The van der Waals surface area contributed by atoms with Crippen LogP contribution in [0.15, 0.2) is 66.1 Å². The number of benzene rings is 2. The number of hydrogen-bond acceptors (Lipinski definition) is 4. The summed E-state index contributed by atoms with van der Waals surface area (Å²) in [5, 5.41) is 7.37. The second-order valence-electron chi connectivity index (χ2n) is 7.89. The van der Waals surface area contributed by atoms with E-state index in [1.165, 1.54) is 0 Å². The third-order valence-corrected chi connectivity index (χ3v) is 8.10. The minimum absolute atomic E-state index is 0.296. The fourth-order valence-electron chi connectivity index (χ4n) is 4.16. The molecule has 0 saturated carbocycles. The van der Waals surface area contributed by atoms with E-state index in [0.29, 0.717) is 28.9 Å². The van der Waals surface area contributed by atoms with Crippen molar-refractivity contribution >= 4 is 32.7 Å². The lowest BCUT2D eigenvalue weighted by molar-refractivity contribution is 0.254. The molecular formula is C22H22ClN5O2S. The molecule has 0 unspecified atom stereocenters. The van der Waals surface area contributed by atoms with Gasteiger partial charge in [-0.15, -0.1) is 0 Å². The molecule has 1 N–H and O–H groups in total. The van der Waals surface area contributed by atoms with Crippen molar-refractivity contribution < 1.29 is 8.42 Å². The molecule has 1 aliphatic heterocycles. The maximum atomic E-state index is 12.9. The standard InChI is InChI=1S/C22H22ClN5O2S/c23-19-2-4-20(5-3-19)31(29,30)28-9-7-16(8-10-28)14-27-15-24-21-11-17(1-6-22(21)27)18-12-25-26-13-18/h1-6,11-13,15-16H,7-10,14H2,(H,25,26). The van der Waals surface area contributed by atoms with E-state index in [2.05, 4.69) is 37.9 Å². The number of H-pyrrole nitrogens is 1. The Morgan fingerprint density at radius 3 is 2.55 bits per heavy atom. The Morgan fingerprint density at radius 2 is 1.84 bits per heavy atom. The fraction of sp³-hybridized carbons (Fsp3) is 0.273. The molecule has 0 amide bonds. The SMILES string of the molecule is O=S(=O)(c1ccc(Cl)cc1)N1CCC(Cn2cnc3cc(-c4cn[nH]c4)ccc32)CC1. The Labute approximate surface area is 185 Å². The summed E-state index contributed by atoms with van der Waals surface area (Å²) in [5.74, 6) is 0.405. The lowest BCUT2D eigenvalue weighted by Gasteiger charge is -2.31. The smallest absolute Gasteiger partial charge is 0.243 e. The van der Waals surface area contributed by atoms with E-state index < -0.39 is 10.0 Å². The Bertz CT molecular complexity index is 1290. The van der Waals surface area contributed by atoms with Gasteiger partial charge >= 0.3 is 0 Å². The molecule has 7 nitrogen and oxygen atoms in total. The van der Waals surface area contributed by atoms with Crippen molar-refractivity contribution in [3.8, 4) is 11.1 Å². The first-order chi connectivity index (χ1) is 15.0. The first-order valence-electron chi connectivity index (χ1n) is 10.2. The quantitative estimate of drug-likeness (QED) is 0.489. The van der Waals surface area contributed by atoms with Gasteiger partial charge in [0, 0.05) is 36.4 Å². The topological polar surface area (TPSA) is 83.9 Å². The van der Waals surface area contributed by atoms with Gasteiger partial charge in [0.25, 0.3) is 0 Å². The number of rotatable bonds is 5. The van der Waals surface area contributed by atoms with Gasteiger partial charge in [-0.05, 0) is 60.7 Å². The highest BCUT2D eigenvalue weighted by Crippen LogP contribution is 2.28. The normalized spacial score (nSPS) is 16.2. The van der Waals surface area contributed by atoms with Gasteiger partial charge in [-0.3, -0.25) is 5.10 Å². The average Bonchev–Trinajstić information content (AvgIpc) is 3.45. The number of piperidine rings is 1. The van der Waals surface area contributed by atoms with E-state index in [1.807, 2.05) is 12.5 Å². The largest absolute Gasteiger partial charge is 0.330 e. The van der Waals surface area contributed by atoms with Crippen LogP contribution >= 0.6 is 11.6 Å². The summed E-state index contributed by atoms with van der Waals surface area (Å²) in [7, 11) is -3.48. The van der Waals surface area contributed by atoms with Crippen molar-refractivity contribution in [3.63, 3.8) is 0 Å². The van der Waals surface area contributed by atoms with Gasteiger partial charge in [-0.2, -0.15) is 9.40 Å². The maximum absolute atomic E-state index is 12.9. The van der Waals surface area contributed by atoms with Crippen molar-refractivity contribution in [1.82, 2.24) is 24.1 Å². The second kappa shape index (κ2) is 8.11. The molecule has 0 atom stereocenters. The van der Waals surface area contributed by atoms with Crippen LogP contribution in [0.4, 0.5) is 0 Å². The zero-order valence-corrected chi connectivity index (χ0v) is 18.4. The van der Waals surface area contributed by atoms with Crippen molar-refractivity contribution in [3.05, 3.63) is 66.2 Å². The van der Waals surface area contributed by atoms with Crippen molar-refractivity contribution in [2.45, 2.75) is 24.3 Å². The summed E-state index contributed by atoms with van der Waals surface area (Å²) < 4.78 is 29.5. The van der Waals surface area contributed by atoms with Crippen LogP contribution in [0.1, 0.15) is 12.8 Å². The van der Waals surface area contributed by atoms with Gasteiger partial charge in [0.05, 0.1) is 28.5 Å². The Morgan fingerprint density at radius 1 is 1.06 bits per heavy atom. The van der Waals surface area contributed by atoms with Crippen molar-refractivity contribution in [1.29, 1.82) is 0 Å². The highest BCUT2D eigenvalue weighted by Gasteiger charge is 2.29. The van der Waals surface area contributed by atoms with E-state index in [9.17, 15) is 8.42 Å². The Hall–Kier alpha value is -2.68. The Balaban J connectivity index is 1.26. The van der Waals surface area contributed by atoms with Crippen molar-refractivity contribution in [2.75, 3.05) is 13.1 Å². The highest BCUT2D eigenvalue weighted by atomic mass is 35.5. The number of aromatic amines is 1. The zero-order chi connectivity index (χ0) is 21.4. The molecule has 1 fully saturated rings. The third-order valence-electron chi connectivity index (χ3n) is 5.93. The van der Waals surface area contributed by atoms with Gasteiger partial charge in [-0.25, -0.2) is 13.4 Å². The molecule has 0 aliphatic carbocycles. The van der Waals surface area contributed by atoms with Gasteiger partial charge in [0.15, 0.2) is 0 Å². The summed E-state index contributed by atoms with van der Waals surface area (Å²) >= 11 is 5.89. The Kier molecular flexibility index (Phi) is 5.29. The summed E-state index contributed by atoms with van der Waals surface area (Å²) in [6.45, 7) is 1.87. The zero-order valence-electron chi connectivity index (χ0n) is 16.8. The van der Waals surface area contributed by atoms with E-state index >= 15 is 0 Å². The van der Waals surface area contributed by atoms with E-state index in [1.54, 1.807) is 34.8 Å². The molecule has 3 heterocycles. The molecule has 2 aromatic heterocycles. The molecule has 160 valence electrons. The molecule has 2 aromatic carbocycles. The van der Waals surface area contributed by atoms with Crippen LogP contribution in [0.5, 0.6) is 0 Å². The van der Waals surface area contributed by atoms with Gasteiger partial charge in [-0.1, -0.05) is 17.7 Å². The molecule has 5 rings (SSSR count). The minimum Gasteiger partial charge on any atom is -0.330 e. The minimum atomic E-state index is -3.48. The predicted octanol–water partition coefficient (Wildman–Crippen LogP) is 4.18. The molecule has 0 bridgehead atoms.